The molecule has 0 aromatic heterocycles. The molecule has 0 saturated carbocycles. The summed E-state index contributed by atoms with van der Waals surface area (Å²) in [5, 5.41) is 0. The summed E-state index contributed by atoms with van der Waals surface area (Å²) in [6.07, 6.45) is 5.78. The van der Waals surface area contributed by atoms with E-state index in [0.717, 1.165) is 0 Å². The van der Waals surface area contributed by atoms with E-state index in [1.165, 1.54) is 51.9 Å². The first kappa shape index (κ1) is 30.8. The second-order valence-electron chi connectivity index (χ2n) is 8.75. The molecule has 0 aromatic carbocycles. The normalized spacial score (nSPS) is 10.9. The molecule has 0 fully saturated rings. The number of hydrogen-bond donors (Lipinski definition) is 0. The van der Waals surface area contributed by atoms with Gasteiger partial charge in [0, 0.05) is 0 Å². The molecule has 0 aliphatic rings. The number of hydrogen-bond acceptors (Lipinski definition) is 4. The summed E-state index contributed by atoms with van der Waals surface area (Å²) in [4.78, 5) is 9.18. The summed E-state index contributed by atoms with van der Waals surface area (Å²) in [5.74, 6) is 0. The van der Waals surface area contributed by atoms with Crippen LogP contribution in [0.3, 0.4) is 0 Å². The van der Waals surface area contributed by atoms with E-state index < -0.39 is 0 Å². The molecule has 0 N–H and O–H groups in total. The third-order valence-corrected chi connectivity index (χ3v) is 12.5. The summed E-state index contributed by atoms with van der Waals surface area (Å²) >= 11 is -0.432. The van der Waals surface area contributed by atoms with Crippen LogP contribution >= 0.6 is 0 Å². The molecule has 0 saturated heterocycles. The van der Waals surface area contributed by atoms with Gasteiger partial charge in [0.05, 0.1) is 0 Å². The third-order valence-electron chi connectivity index (χ3n) is 4.42. The van der Waals surface area contributed by atoms with Gasteiger partial charge < -0.3 is 0 Å². The first-order valence-corrected chi connectivity index (χ1v) is 18.9. The van der Waals surface area contributed by atoms with Crippen LogP contribution in [0.25, 0.3) is 0 Å². The molecule has 0 aliphatic heterocycles. The molecule has 0 aromatic rings. The fraction of sp³-hybridized carbons (Fsp3) is 1.00. The van der Waals surface area contributed by atoms with Crippen LogP contribution in [0.15, 0.2) is 0 Å². The van der Waals surface area contributed by atoms with Crippen LogP contribution in [-0.4, -0.2) is 177 Å². The molecular weight excluding hydrogens is 424 g/mol. The van der Waals surface area contributed by atoms with E-state index in [9.17, 15) is 0 Å². The number of rotatable bonds is 16. The SMILES string of the molecule is CN(C)CC[CH2][Ca][CH2]CCN(C)C.CN(C)CC[CH2][Sr][CH2]CCN(C)C. The molecule has 152 valence electrons. The van der Waals surface area contributed by atoms with Crippen molar-refractivity contribution < 1.29 is 0 Å². The van der Waals surface area contributed by atoms with Crippen molar-refractivity contribution in [1.82, 2.24) is 19.6 Å². The van der Waals surface area contributed by atoms with Crippen LogP contribution in [0.2, 0.25) is 7.82 Å². The van der Waals surface area contributed by atoms with E-state index in [1.807, 2.05) is 0 Å². The zero-order valence-corrected chi connectivity index (χ0v) is 25.4. The molecule has 0 rings (SSSR count). The molecule has 0 bridgehead atoms. The Morgan fingerprint density at radius 3 is 1.12 bits per heavy atom. The summed E-state index contributed by atoms with van der Waals surface area (Å²) in [5.41, 5.74) is 0. The predicted octanol–water partition coefficient (Wildman–Crippen LogP) is 2.86. The van der Waals surface area contributed by atoms with Gasteiger partial charge in [0.2, 0.25) is 0 Å². The van der Waals surface area contributed by atoms with E-state index in [0.29, 0.717) is 0 Å². The first-order chi connectivity index (χ1) is 12.3. The molecule has 0 aliphatic carbocycles. The van der Waals surface area contributed by atoms with Crippen LogP contribution in [0.1, 0.15) is 25.7 Å². The Bertz CT molecular complexity index is 214. The Morgan fingerprint density at radius 2 is 0.808 bits per heavy atom. The average molecular weight is 472 g/mol. The van der Waals surface area contributed by atoms with Gasteiger partial charge in [-0.1, -0.05) is 0 Å². The Morgan fingerprint density at radius 1 is 0.500 bits per heavy atom. The fourth-order valence-electron chi connectivity index (χ4n) is 2.77. The van der Waals surface area contributed by atoms with E-state index in [1.54, 1.807) is 7.82 Å². The van der Waals surface area contributed by atoms with Crippen LogP contribution in [-0.2, 0) is 0 Å². The molecule has 26 heavy (non-hydrogen) atoms. The molecule has 0 spiro atoms. The van der Waals surface area contributed by atoms with Crippen molar-refractivity contribution in [1.29, 1.82) is 0 Å². The average Bonchev–Trinajstić information content (AvgIpc) is 2.52. The van der Waals surface area contributed by atoms with Crippen LogP contribution < -0.4 is 0 Å². The molecule has 0 unspecified atom stereocenters. The second-order valence-corrected chi connectivity index (χ2v) is 17.3. The maximum absolute atomic E-state index is 2.30. The van der Waals surface area contributed by atoms with Gasteiger partial charge >= 0.3 is 211 Å². The summed E-state index contributed by atoms with van der Waals surface area (Å²) in [6.45, 7) is 5.17. The third kappa shape index (κ3) is 34.1. The monoisotopic (exact) mass is 472 g/mol. The van der Waals surface area contributed by atoms with Crippen molar-refractivity contribution in [3.05, 3.63) is 0 Å². The zero-order chi connectivity index (χ0) is 20.2. The molecule has 0 atom stereocenters. The standard InChI is InChI=1S/4C5H12N.Ca.Sr/c4*1-4-5-6(2)3;;/h4*1,4-5H2,2-3H3;;. The zero-order valence-electron chi connectivity index (χ0n) is 19.7. The van der Waals surface area contributed by atoms with Crippen LogP contribution in [0, 0.1) is 0 Å². The molecule has 0 radical (unpaired) electrons. The van der Waals surface area contributed by atoms with Crippen molar-refractivity contribution in [3.63, 3.8) is 0 Å². The van der Waals surface area contributed by atoms with Gasteiger partial charge in [-0.3, -0.25) is 0 Å². The molecule has 0 amide bonds. The topological polar surface area (TPSA) is 13.0 Å². The van der Waals surface area contributed by atoms with Crippen molar-refractivity contribution in [2.24, 2.45) is 0 Å². The predicted molar refractivity (Wildman–Crippen MR) is 123 cm³/mol. The Hall–Kier alpha value is 2.58. The van der Waals surface area contributed by atoms with Gasteiger partial charge in [0.1, 0.15) is 0 Å². The Labute approximate surface area is 207 Å². The van der Waals surface area contributed by atoms with Crippen LogP contribution in [0.5, 0.6) is 0 Å². The van der Waals surface area contributed by atoms with Gasteiger partial charge in [-0.15, -0.1) is 0 Å². The quantitative estimate of drug-likeness (QED) is 0.253. The molecule has 0 heterocycles. The van der Waals surface area contributed by atoms with E-state index in [-0.39, 0.29) is 74.9 Å². The van der Waals surface area contributed by atoms with Crippen molar-refractivity contribution in [3.8, 4) is 0 Å². The first-order valence-electron chi connectivity index (χ1n) is 10.8. The Balaban J connectivity index is 0. The number of nitrogens with zero attached hydrogens (tertiary/aromatic N) is 4. The van der Waals surface area contributed by atoms with Crippen LogP contribution in [0.4, 0.5) is 0 Å². The summed E-state index contributed by atoms with van der Waals surface area (Å²) < 4.78 is 6.37. The van der Waals surface area contributed by atoms with E-state index >= 15 is 0 Å². The second kappa shape index (κ2) is 23.9. The van der Waals surface area contributed by atoms with E-state index in [4.69, 9.17) is 0 Å². The van der Waals surface area contributed by atoms with Crippen molar-refractivity contribution >= 4 is 74.9 Å². The van der Waals surface area contributed by atoms with Gasteiger partial charge in [-0.2, -0.15) is 0 Å². The summed E-state index contributed by atoms with van der Waals surface area (Å²) in [6, 6.07) is 0. The minimum absolute atomic E-state index is 0.124. The Kier molecular flexibility index (Phi) is 28.2. The van der Waals surface area contributed by atoms with Crippen molar-refractivity contribution in [2.45, 2.75) is 33.5 Å². The summed E-state index contributed by atoms with van der Waals surface area (Å²) in [7, 11) is 17.3. The molecular formula is C20H48CaN4Sr. The van der Waals surface area contributed by atoms with Crippen molar-refractivity contribution in [2.75, 3.05) is 82.6 Å². The van der Waals surface area contributed by atoms with Gasteiger partial charge in [-0.25, -0.2) is 0 Å². The molecule has 4 nitrogen and oxygen atoms in total. The fourth-order valence-corrected chi connectivity index (χ4v) is 8.83. The maximum atomic E-state index is 2.30. The van der Waals surface area contributed by atoms with Gasteiger partial charge in [-0.05, 0) is 0 Å². The minimum atomic E-state index is -0.308. The van der Waals surface area contributed by atoms with E-state index in [2.05, 4.69) is 76.0 Å². The molecule has 6 heteroatoms. The van der Waals surface area contributed by atoms with Gasteiger partial charge in [0.25, 0.3) is 0 Å². The van der Waals surface area contributed by atoms with Gasteiger partial charge in [0.15, 0.2) is 0 Å².